The number of benzene rings is 1. The molecular formula is C17H10ClF2N3O2. The van der Waals surface area contributed by atoms with Crippen molar-refractivity contribution in [3.63, 3.8) is 0 Å². The van der Waals surface area contributed by atoms with E-state index in [0.29, 0.717) is 10.6 Å². The van der Waals surface area contributed by atoms with Gasteiger partial charge in [0.25, 0.3) is 11.4 Å². The van der Waals surface area contributed by atoms with E-state index in [0.717, 1.165) is 0 Å². The highest BCUT2D eigenvalue weighted by atomic mass is 35.5. The Labute approximate surface area is 145 Å². The van der Waals surface area contributed by atoms with E-state index >= 15 is 0 Å². The summed E-state index contributed by atoms with van der Waals surface area (Å²) in [5, 5.41) is 7.26. The first-order valence-electron chi connectivity index (χ1n) is 7.10. The van der Waals surface area contributed by atoms with E-state index in [1.165, 1.54) is 22.9 Å². The molecule has 0 unspecified atom stereocenters. The smallest absolute Gasteiger partial charge is 0.314 e. The molecule has 0 bridgehead atoms. The second-order valence-corrected chi connectivity index (χ2v) is 5.32. The van der Waals surface area contributed by atoms with Crippen LogP contribution in [-0.2, 0) is 6.54 Å². The highest BCUT2D eigenvalue weighted by Gasteiger charge is 2.17. The molecule has 0 amide bonds. The predicted molar refractivity (Wildman–Crippen MR) is 87.3 cm³/mol. The first kappa shape index (κ1) is 16.9. The molecule has 0 saturated heterocycles. The molecule has 2 heterocycles. The maximum atomic E-state index is 12.5. The molecule has 126 valence electrons. The van der Waals surface area contributed by atoms with Crippen LogP contribution < -0.4 is 5.56 Å². The van der Waals surface area contributed by atoms with Gasteiger partial charge in [-0.1, -0.05) is 35.6 Å². The molecular weight excluding hydrogens is 352 g/mol. The van der Waals surface area contributed by atoms with Crippen molar-refractivity contribution in [3.8, 4) is 23.3 Å². The summed E-state index contributed by atoms with van der Waals surface area (Å²) >= 11 is 6.00. The summed E-state index contributed by atoms with van der Waals surface area (Å²) in [5.74, 6) is 4.82. The van der Waals surface area contributed by atoms with Gasteiger partial charge in [-0.3, -0.25) is 4.79 Å². The highest BCUT2D eigenvalue weighted by Crippen LogP contribution is 2.22. The summed E-state index contributed by atoms with van der Waals surface area (Å²) in [6.07, 6.45) is -1.38. The molecule has 0 radical (unpaired) electrons. The summed E-state index contributed by atoms with van der Waals surface area (Å²) in [6.45, 7) is 0.149. The predicted octanol–water partition coefficient (Wildman–Crippen LogP) is 3.54. The summed E-state index contributed by atoms with van der Waals surface area (Å²) < 4.78 is 31.1. The molecule has 5 nitrogen and oxygen atoms in total. The molecule has 3 aromatic rings. The fourth-order valence-corrected chi connectivity index (χ4v) is 2.18. The van der Waals surface area contributed by atoms with E-state index in [2.05, 4.69) is 22.0 Å². The molecule has 3 rings (SSSR count). The zero-order chi connectivity index (χ0) is 17.8. The van der Waals surface area contributed by atoms with E-state index in [4.69, 9.17) is 16.0 Å². The van der Waals surface area contributed by atoms with Crippen molar-refractivity contribution >= 4 is 11.6 Å². The topological polar surface area (TPSA) is 60.9 Å². The zero-order valence-corrected chi connectivity index (χ0v) is 13.4. The van der Waals surface area contributed by atoms with Crippen molar-refractivity contribution in [2.24, 2.45) is 0 Å². The lowest BCUT2D eigenvalue weighted by molar-refractivity contribution is 0.116. The monoisotopic (exact) mass is 361 g/mol. The van der Waals surface area contributed by atoms with Crippen LogP contribution in [0.15, 0.2) is 51.8 Å². The van der Waals surface area contributed by atoms with Crippen molar-refractivity contribution < 1.29 is 13.2 Å². The number of pyridine rings is 1. The number of hydrogen-bond acceptors (Lipinski definition) is 4. The van der Waals surface area contributed by atoms with Gasteiger partial charge in [-0.05, 0) is 18.2 Å². The van der Waals surface area contributed by atoms with Gasteiger partial charge in [-0.25, -0.2) is 0 Å². The average Bonchev–Trinajstić information content (AvgIpc) is 3.08. The minimum atomic E-state index is -2.86. The number of nitrogens with zero attached hydrogens (tertiary/aromatic N) is 3. The van der Waals surface area contributed by atoms with E-state index < -0.39 is 12.3 Å². The van der Waals surface area contributed by atoms with Gasteiger partial charge in [0.05, 0.1) is 11.6 Å². The number of aromatic nitrogens is 3. The number of rotatable bonds is 3. The van der Waals surface area contributed by atoms with Crippen molar-refractivity contribution in [1.82, 2.24) is 14.8 Å². The van der Waals surface area contributed by atoms with Gasteiger partial charge in [0.15, 0.2) is 0 Å². The molecule has 8 heteroatoms. The van der Waals surface area contributed by atoms with Gasteiger partial charge in [-0.2, -0.15) is 8.78 Å². The van der Waals surface area contributed by atoms with Crippen molar-refractivity contribution in [1.29, 1.82) is 0 Å². The van der Waals surface area contributed by atoms with E-state index in [9.17, 15) is 13.6 Å². The van der Waals surface area contributed by atoms with Crippen molar-refractivity contribution in [2.75, 3.05) is 0 Å². The van der Waals surface area contributed by atoms with Crippen LogP contribution in [0.25, 0.3) is 11.5 Å². The highest BCUT2D eigenvalue weighted by molar-refractivity contribution is 6.31. The van der Waals surface area contributed by atoms with Crippen LogP contribution in [0.2, 0.25) is 5.02 Å². The van der Waals surface area contributed by atoms with Crippen molar-refractivity contribution in [2.45, 2.75) is 13.0 Å². The molecule has 2 aromatic heterocycles. The standard InChI is InChI=1S/C17H10ClF2N3O2/c18-13-6-2-1-4-11(13)5-3-8-23-9-7-12(10-14(23)24)16-21-22-17(25-16)15(19)20/h1-2,4,6-7,9-10,15H,8H2. The summed E-state index contributed by atoms with van der Waals surface area (Å²) in [7, 11) is 0. The van der Waals surface area contributed by atoms with Crippen LogP contribution in [0.4, 0.5) is 8.78 Å². The first-order chi connectivity index (χ1) is 12.0. The Bertz CT molecular complexity index is 1020. The van der Waals surface area contributed by atoms with Gasteiger partial charge in [0.2, 0.25) is 5.89 Å². The number of hydrogen-bond donors (Lipinski definition) is 0. The lowest BCUT2D eigenvalue weighted by Gasteiger charge is -2.01. The van der Waals surface area contributed by atoms with Crippen LogP contribution in [0, 0.1) is 11.8 Å². The quantitative estimate of drug-likeness (QED) is 0.669. The number of alkyl halides is 2. The molecule has 0 fully saturated rings. The Balaban J connectivity index is 1.79. The maximum Gasteiger partial charge on any atom is 0.314 e. The molecule has 0 aliphatic carbocycles. The molecule has 0 atom stereocenters. The van der Waals surface area contributed by atoms with Crippen molar-refractivity contribution in [3.05, 3.63) is 69.4 Å². The second kappa shape index (κ2) is 7.28. The Hall–Kier alpha value is -2.98. The first-order valence-corrected chi connectivity index (χ1v) is 7.48. The van der Waals surface area contributed by atoms with Gasteiger partial charge in [0, 0.05) is 23.4 Å². The largest absolute Gasteiger partial charge is 0.415 e. The average molecular weight is 362 g/mol. The molecule has 0 aliphatic heterocycles. The van der Waals surface area contributed by atoms with Crippen LogP contribution >= 0.6 is 11.6 Å². The fraction of sp³-hybridized carbons (Fsp3) is 0.118. The third-order valence-electron chi connectivity index (χ3n) is 3.22. The summed E-state index contributed by atoms with van der Waals surface area (Å²) in [5.41, 5.74) is 0.557. The molecule has 25 heavy (non-hydrogen) atoms. The summed E-state index contributed by atoms with van der Waals surface area (Å²) in [6, 6.07) is 9.85. The van der Waals surface area contributed by atoms with E-state index in [1.54, 1.807) is 18.2 Å². The van der Waals surface area contributed by atoms with Gasteiger partial charge in [-0.15, -0.1) is 10.2 Å². The second-order valence-electron chi connectivity index (χ2n) is 4.91. The fourth-order valence-electron chi connectivity index (χ4n) is 1.99. The Kier molecular flexibility index (Phi) is 4.91. The van der Waals surface area contributed by atoms with E-state index in [-0.39, 0.29) is 23.6 Å². The van der Waals surface area contributed by atoms with Crippen LogP contribution in [0.1, 0.15) is 17.9 Å². The van der Waals surface area contributed by atoms with Gasteiger partial charge >= 0.3 is 6.43 Å². The van der Waals surface area contributed by atoms with Crippen LogP contribution in [0.5, 0.6) is 0 Å². The molecule has 0 aliphatic rings. The number of halogens is 3. The normalized spacial score (nSPS) is 10.6. The molecule has 0 spiro atoms. The van der Waals surface area contributed by atoms with Gasteiger partial charge in [0.1, 0.15) is 0 Å². The maximum absolute atomic E-state index is 12.5. The lowest BCUT2D eigenvalue weighted by Crippen LogP contribution is -2.17. The molecule has 1 aromatic carbocycles. The minimum absolute atomic E-state index is 0.137. The summed E-state index contributed by atoms with van der Waals surface area (Å²) in [4.78, 5) is 12.1. The lowest BCUT2D eigenvalue weighted by atomic mass is 10.2. The third kappa shape index (κ3) is 3.92. The minimum Gasteiger partial charge on any atom is -0.415 e. The van der Waals surface area contributed by atoms with Gasteiger partial charge < -0.3 is 8.98 Å². The van der Waals surface area contributed by atoms with Crippen LogP contribution in [0.3, 0.4) is 0 Å². The molecule has 0 saturated carbocycles. The van der Waals surface area contributed by atoms with Crippen LogP contribution in [-0.4, -0.2) is 14.8 Å². The Morgan fingerprint density at radius 1 is 1.24 bits per heavy atom. The zero-order valence-electron chi connectivity index (χ0n) is 12.6. The van der Waals surface area contributed by atoms with E-state index in [1.807, 2.05) is 6.07 Å². The SMILES string of the molecule is O=c1cc(-c2nnc(C(F)F)o2)ccn1CC#Cc1ccccc1Cl. The Morgan fingerprint density at radius 3 is 2.72 bits per heavy atom. The Morgan fingerprint density at radius 2 is 2.04 bits per heavy atom. The third-order valence-corrected chi connectivity index (χ3v) is 3.55. The molecule has 0 N–H and O–H groups in total.